The highest BCUT2D eigenvalue weighted by Crippen LogP contribution is 2.25. The maximum absolute atomic E-state index is 5.47. The highest BCUT2D eigenvalue weighted by atomic mass is 16.5. The van der Waals surface area contributed by atoms with Crippen LogP contribution in [0, 0.1) is 0 Å². The maximum atomic E-state index is 5.47. The zero-order chi connectivity index (χ0) is 16.8. The van der Waals surface area contributed by atoms with Crippen LogP contribution in [0.1, 0.15) is 18.4 Å². The number of anilines is 1. The number of hydrogen-bond donors (Lipinski definition) is 1. The highest BCUT2D eigenvalue weighted by Gasteiger charge is 2.21. The second-order valence-electron chi connectivity index (χ2n) is 5.89. The predicted molar refractivity (Wildman–Crippen MR) is 93.7 cm³/mol. The van der Waals surface area contributed by atoms with Gasteiger partial charge in [0.15, 0.2) is 0 Å². The van der Waals surface area contributed by atoms with Crippen LogP contribution in [0.25, 0.3) is 0 Å². The number of ether oxygens (including phenoxy) is 2. The van der Waals surface area contributed by atoms with Crippen LogP contribution >= 0.6 is 0 Å². The molecule has 0 radical (unpaired) electrons. The van der Waals surface area contributed by atoms with Gasteiger partial charge in [-0.25, -0.2) is 9.97 Å². The summed E-state index contributed by atoms with van der Waals surface area (Å²) in [4.78, 5) is 11.0. The van der Waals surface area contributed by atoms with Crippen LogP contribution in [0.2, 0.25) is 0 Å². The smallest absolute Gasteiger partial charge is 0.225 e. The van der Waals surface area contributed by atoms with Gasteiger partial charge < -0.3 is 19.7 Å². The van der Waals surface area contributed by atoms with E-state index in [1.165, 1.54) is 0 Å². The van der Waals surface area contributed by atoms with Crippen molar-refractivity contribution in [1.82, 2.24) is 15.3 Å². The topological polar surface area (TPSA) is 59.5 Å². The van der Waals surface area contributed by atoms with Crippen LogP contribution in [0.5, 0.6) is 11.5 Å². The van der Waals surface area contributed by atoms with Crippen LogP contribution in [0.15, 0.2) is 36.7 Å². The molecule has 1 saturated heterocycles. The molecule has 1 aromatic carbocycles. The monoisotopic (exact) mass is 328 g/mol. The van der Waals surface area contributed by atoms with Crippen molar-refractivity contribution >= 4 is 5.95 Å². The number of nitrogens with one attached hydrogen (secondary N) is 1. The summed E-state index contributed by atoms with van der Waals surface area (Å²) in [5.74, 6) is 2.47. The molecule has 0 unspecified atom stereocenters. The molecule has 1 atom stereocenters. The third kappa shape index (κ3) is 3.94. The van der Waals surface area contributed by atoms with Crippen molar-refractivity contribution in [3.63, 3.8) is 0 Å². The second-order valence-corrected chi connectivity index (χ2v) is 5.89. The third-order valence-corrected chi connectivity index (χ3v) is 4.33. The molecule has 3 rings (SSSR count). The molecule has 6 nitrogen and oxygen atoms in total. The van der Waals surface area contributed by atoms with Gasteiger partial charge in [-0.3, -0.25) is 0 Å². The summed E-state index contributed by atoms with van der Waals surface area (Å²) in [5.41, 5.74) is 1.13. The summed E-state index contributed by atoms with van der Waals surface area (Å²) < 4.78 is 10.7. The fourth-order valence-electron chi connectivity index (χ4n) is 3.03. The van der Waals surface area contributed by atoms with Gasteiger partial charge in [-0.05, 0) is 25.0 Å². The van der Waals surface area contributed by atoms with E-state index in [0.717, 1.165) is 55.5 Å². The Labute approximate surface area is 142 Å². The van der Waals surface area contributed by atoms with Gasteiger partial charge in [0, 0.05) is 49.7 Å². The largest absolute Gasteiger partial charge is 0.497 e. The quantitative estimate of drug-likeness (QED) is 0.878. The molecule has 0 spiro atoms. The van der Waals surface area contributed by atoms with Crippen LogP contribution < -0.4 is 19.7 Å². The molecule has 2 heterocycles. The van der Waals surface area contributed by atoms with Gasteiger partial charge in [0.2, 0.25) is 5.95 Å². The Kier molecular flexibility index (Phi) is 5.48. The minimum atomic E-state index is 0.411. The summed E-state index contributed by atoms with van der Waals surface area (Å²) in [6.45, 7) is 2.69. The maximum Gasteiger partial charge on any atom is 0.225 e. The molecule has 0 amide bonds. The first kappa shape index (κ1) is 16.5. The van der Waals surface area contributed by atoms with Gasteiger partial charge >= 0.3 is 0 Å². The zero-order valence-corrected chi connectivity index (χ0v) is 14.2. The van der Waals surface area contributed by atoms with Crippen LogP contribution in [-0.4, -0.2) is 43.3 Å². The van der Waals surface area contributed by atoms with E-state index in [1.54, 1.807) is 26.6 Å². The van der Waals surface area contributed by atoms with E-state index in [4.69, 9.17) is 9.47 Å². The van der Waals surface area contributed by atoms with Gasteiger partial charge in [0.25, 0.3) is 0 Å². The number of nitrogens with zero attached hydrogens (tertiary/aromatic N) is 3. The van der Waals surface area contributed by atoms with Crippen molar-refractivity contribution in [2.24, 2.45) is 0 Å². The summed E-state index contributed by atoms with van der Waals surface area (Å²) in [7, 11) is 3.35. The molecular weight excluding hydrogens is 304 g/mol. The Morgan fingerprint density at radius 1 is 1.21 bits per heavy atom. The number of aromatic nitrogens is 2. The average molecular weight is 328 g/mol. The molecular formula is C18H24N4O2. The molecule has 0 bridgehead atoms. The van der Waals surface area contributed by atoms with E-state index in [-0.39, 0.29) is 0 Å². The lowest BCUT2D eigenvalue weighted by atomic mass is 10.1. The van der Waals surface area contributed by atoms with Crippen molar-refractivity contribution in [1.29, 1.82) is 0 Å². The molecule has 1 aliphatic rings. The molecule has 1 aromatic heterocycles. The van der Waals surface area contributed by atoms with E-state index >= 15 is 0 Å². The summed E-state index contributed by atoms with van der Waals surface area (Å²) in [6, 6.07) is 8.19. The van der Waals surface area contributed by atoms with Crippen LogP contribution in [-0.2, 0) is 6.54 Å². The normalized spacial score (nSPS) is 17.6. The standard InChI is InChI=1S/C18H24N4O2/c1-23-16-7-6-14(17(11-16)24-2)12-21-15-5-3-10-22(13-15)18-19-8-4-9-20-18/h4,6-9,11,15,21H,3,5,10,12-13H2,1-2H3/t15-/m0/s1. The highest BCUT2D eigenvalue weighted by molar-refractivity contribution is 5.40. The Balaban J connectivity index is 1.60. The Morgan fingerprint density at radius 3 is 2.79 bits per heavy atom. The van der Waals surface area contributed by atoms with Crippen molar-refractivity contribution in [2.75, 3.05) is 32.2 Å². The molecule has 0 aliphatic carbocycles. The molecule has 24 heavy (non-hydrogen) atoms. The second kappa shape index (κ2) is 7.97. The van der Waals surface area contributed by atoms with Crippen LogP contribution in [0.3, 0.4) is 0 Å². The van der Waals surface area contributed by atoms with E-state index in [1.807, 2.05) is 24.3 Å². The van der Waals surface area contributed by atoms with Crippen molar-refractivity contribution in [3.05, 3.63) is 42.2 Å². The lowest BCUT2D eigenvalue weighted by Gasteiger charge is -2.33. The lowest BCUT2D eigenvalue weighted by molar-refractivity contribution is 0.383. The van der Waals surface area contributed by atoms with Gasteiger partial charge in [-0.1, -0.05) is 6.07 Å². The molecule has 1 N–H and O–H groups in total. The molecule has 0 saturated carbocycles. The molecule has 1 fully saturated rings. The van der Waals surface area contributed by atoms with E-state index in [0.29, 0.717) is 6.04 Å². The molecule has 1 aliphatic heterocycles. The van der Waals surface area contributed by atoms with Gasteiger partial charge in [-0.15, -0.1) is 0 Å². The lowest BCUT2D eigenvalue weighted by Crippen LogP contribution is -2.46. The predicted octanol–water partition coefficient (Wildman–Crippen LogP) is 2.25. The van der Waals surface area contributed by atoms with Crippen LogP contribution in [0.4, 0.5) is 5.95 Å². The molecule has 6 heteroatoms. The Hall–Kier alpha value is -2.34. The zero-order valence-electron chi connectivity index (χ0n) is 14.2. The number of methoxy groups -OCH3 is 2. The minimum absolute atomic E-state index is 0.411. The number of rotatable bonds is 6. The van der Waals surface area contributed by atoms with Crippen molar-refractivity contribution in [3.8, 4) is 11.5 Å². The SMILES string of the molecule is COc1ccc(CN[C@H]2CCCN(c3ncccn3)C2)c(OC)c1. The first-order chi connectivity index (χ1) is 11.8. The van der Waals surface area contributed by atoms with Gasteiger partial charge in [-0.2, -0.15) is 0 Å². The summed E-state index contributed by atoms with van der Waals surface area (Å²) in [6.07, 6.45) is 5.88. The van der Waals surface area contributed by atoms with Crippen molar-refractivity contribution < 1.29 is 9.47 Å². The number of hydrogen-bond acceptors (Lipinski definition) is 6. The molecule has 2 aromatic rings. The van der Waals surface area contributed by atoms with Crippen molar-refractivity contribution in [2.45, 2.75) is 25.4 Å². The first-order valence-corrected chi connectivity index (χ1v) is 8.26. The number of benzene rings is 1. The molecule has 128 valence electrons. The van der Waals surface area contributed by atoms with E-state index in [9.17, 15) is 0 Å². The number of piperidine rings is 1. The Bertz CT molecular complexity index is 651. The summed E-state index contributed by atoms with van der Waals surface area (Å²) >= 11 is 0. The van der Waals surface area contributed by atoms with E-state index < -0.39 is 0 Å². The first-order valence-electron chi connectivity index (χ1n) is 8.26. The minimum Gasteiger partial charge on any atom is -0.497 e. The summed E-state index contributed by atoms with van der Waals surface area (Å²) in [5, 5.41) is 3.63. The van der Waals surface area contributed by atoms with Gasteiger partial charge in [0.1, 0.15) is 11.5 Å². The van der Waals surface area contributed by atoms with Gasteiger partial charge in [0.05, 0.1) is 14.2 Å². The average Bonchev–Trinajstić information content (AvgIpc) is 2.67. The third-order valence-electron chi connectivity index (χ3n) is 4.33. The Morgan fingerprint density at radius 2 is 2.04 bits per heavy atom. The fraction of sp³-hybridized carbons (Fsp3) is 0.444. The van der Waals surface area contributed by atoms with E-state index in [2.05, 4.69) is 20.2 Å². The fourth-order valence-corrected chi connectivity index (χ4v) is 3.03.